The van der Waals surface area contributed by atoms with Gasteiger partial charge < -0.3 is 15.1 Å². The van der Waals surface area contributed by atoms with Gasteiger partial charge in [0.05, 0.1) is 6.04 Å². The molecule has 0 bridgehead atoms. The molecule has 1 aliphatic rings. The molecule has 7 nitrogen and oxygen atoms in total. The van der Waals surface area contributed by atoms with Crippen LogP contribution in [0.3, 0.4) is 0 Å². The van der Waals surface area contributed by atoms with Crippen molar-refractivity contribution >= 4 is 17.8 Å². The molecule has 1 aromatic carbocycles. The van der Waals surface area contributed by atoms with E-state index in [1.807, 2.05) is 30.3 Å². The Hall–Kier alpha value is -2.41. The third kappa shape index (κ3) is 6.34. The molecule has 154 valence electrons. The SMILES string of the molecule is C[C@H](NC(CCc1ccccc1)C(=O)O)C(=O)N1CCCCCC[C@H]1C(=O)O. The van der Waals surface area contributed by atoms with Gasteiger partial charge in [-0.2, -0.15) is 0 Å². The minimum absolute atomic E-state index is 0.347. The summed E-state index contributed by atoms with van der Waals surface area (Å²) in [5, 5.41) is 22.0. The number of carboxylic acids is 2. The maximum atomic E-state index is 12.9. The number of aryl methyl sites for hydroxylation is 1. The summed E-state index contributed by atoms with van der Waals surface area (Å²) in [6.45, 7) is 2.00. The van der Waals surface area contributed by atoms with E-state index in [2.05, 4.69) is 5.32 Å². The third-order valence-corrected chi connectivity index (χ3v) is 5.26. The van der Waals surface area contributed by atoms with Crippen molar-refractivity contribution in [3.8, 4) is 0 Å². The molecule has 0 aliphatic carbocycles. The zero-order valence-corrected chi connectivity index (χ0v) is 16.3. The topological polar surface area (TPSA) is 107 Å². The average molecular weight is 390 g/mol. The Bertz CT molecular complexity index is 664. The summed E-state index contributed by atoms with van der Waals surface area (Å²) in [5.74, 6) is -2.36. The molecule has 1 heterocycles. The summed E-state index contributed by atoms with van der Waals surface area (Å²) in [5.41, 5.74) is 1.03. The lowest BCUT2D eigenvalue weighted by atomic mass is 10.0. The molecule has 1 unspecified atom stereocenters. The largest absolute Gasteiger partial charge is 0.480 e. The summed E-state index contributed by atoms with van der Waals surface area (Å²) in [7, 11) is 0. The summed E-state index contributed by atoms with van der Waals surface area (Å²) < 4.78 is 0. The first kappa shape index (κ1) is 21.9. The van der Waals surface area contributed by atoms with Gasteiger partial charge in [-0.15, -0.1) is 0 Å². The fourth-order valence-corrected chi connectivity index (χ4v) is 3.66. The Morgan fingerprint density at radius 1 is 1.11 bits per heavy atom. The molecule has 28 heavy (non-hydrogen) atoms. The number of carbonyl (C=O) groups is 3. The van der Waals surface area contributed by atoms with Gasteiger partial charge in [0.1, 0.15) is 12.1 Å². The Morgan fingerprint density at radius 3 is 2.43 bits per heavy atom. The molecule has 0 radical (unpaired) electrons. The standard InChI is InChI=1S/C21H30N2O5/c1-15(19(24)23-14-8-3-2-7-11-18(23)21(27)28)22-17(20(25)26)13-12-16-9-5-4-6-10-16/h4-6,9-10,15,17-18,22H,2-3,7-8,11-14H2,1H3,(H,25,26)(H,27,28)/t15-,17?,18-/m0/s1. The molecular formula is C21H30N2O5. The first-order chi connectivity index (χ1) is 13.4. The number of carbonyl (C=O) groups excluding carboxylic acids is 1. The molecule has 1 saturated heterocycles. The van der Waals surface area contributed by atoms with E-state index >= 15 is 0 Å². The highest BCUT2D eigenvalue weighted by molar-refractivity contribution is 5.87. The van der Waals surface area contributed by atoms with E-state index in [1.54, 1.807) is 6.92 Å². The van der Waals surface area contributed by atoms with Crippen molar-refractivity contribution in [2.45, 2.75) is 70.0 Å². The van der Waals surface area contributed by atoms with Crippen LogP contribution in [-0.4, -0.2) is 57.6 Å². The van der Waals surface area contributed by atoms with Crippen LogP contribution < -0.4 is 5.32 Å². The number of nitrogens with zero attached hydrogens (tertiary/aromatic N) is 1. The second kappa shape index (κ2) is 10.8. The van der Waals surface area contributed by atoms with Gasteiger partial charge in [-0.25, -0.2) is 4.79 Å². The Morgan fingerprint density at radius 2 is 1.79 bits per heavy atom. The Balaban J connectivity index is 2.01. The number of rotatable bonds is 8. The highest BCUT2D eigenvalue weighted by Gasteiger charge is 2.33. The van der Waals surface area contributed by atoms with Crippen LogP contribution in [0.25, 0.3) is 0 Å². The molecular weight excluding hydrogens is 360 g/mol. The summed E-state index contributed by atoms with van der Waals surface area (Å²) in [6.07, 6.45) is 4.83. The van der Waals surface area contributed by atoms with Gasteiger partial charge in [0.25, 0.3) is 0 Å². The first-order valence-corrected chi connectivity index (χ1v) is 9.96. The smallest absolute Gasteiger partial charge is 0.326 e. The zero-order valence-electron chi connectivity index (χ0n) is 16.3. The van der Waals surface area contributed by atoms with Crippen molar-refractivity contribution in [2.24, 2.45) is 0 Å². The second-order valence-electron chi connectivity index (χ2n) is 7.39. The normalized spacial score (nSPS) is 19.9. The van der Waals surface area contributed by atoms with Crippen molar-refractivity contribution < 1.29 is 24.6 Å². The number of likely N-dealkylation sites (tertiary alicyclic amines) is 1. The molecule has 7 heteroatoms. The van der Waals surface area contributed by atoms with E-state index < -0.39 is 30.1 Å². The number of benzene rings is 1. The zero-order chi connectivity index (χ0) is 20.5. The number of nitrogens with one attached hydrogen (secondary N) is 1. The number of hydrogen-bond acceptors (Lipinski definition) is 4. The fraction of sp³-hybridized carbons (Fsp3) is 0.571. The van der Waals surface area contributed by atoms with E-state index in [9.17, 15) is 24.6 Å². The van der Waals surface area contributed by atoms with Crippen LogP contribution in [0.1, 0.15) is 51.0 Å². The Labute approximate surface area is 165 Å². The van der Waals surface area contributed by atoms with Gasteiger partial charge in [-0.1, -0.05) is 49.6 Å². The fourth-order valence-electron chi connectivity index (χ4n) is 3.66. The number of hydrogen-bond donors (Lipinski definition) is 3. The predicted molar refractivity (Wildman–Crippen MR) is 105 cm³/mol. The molecule has 0 aromatic heterocycles. The molecule has 1 amide bonds. The van der Waals surface area contributed by atoms with Crippen LogP contribution in [0.2, 0.25) is 0 Å². The monoisotopic (exact) mass is 390 g/mol. The van der Waals surface area contributed by atoms with Gasteiger partial charge in [0.2, 0.25) is 5.91 Å². The molecule has 0 saturated carbocycles. The van der Waals surface area contributed by atoms with Crippen LogP contribution >= 0.6 is 0 Å². The van der Waals surface area contributed by atoms with Crippen LogP contribution in [0, 0.1) is 0 Å². The van der Waals surface area contributed by atoms with E-state index in [1.165, 1.54) is 4.90 Å². The summed E-state index contributed by atoms with van der Waals surface area (Å²) in [4.78, 5) is 37.6. The van der Waals surface area contributed by atoms with Crippen molar-refractivity contribution in [1.82, 2.24) is 10.2 Å². The van der Waals surface area contributed by atoms with Gasteiger partial charge in [0, 0.05) is 6.54 Å². The third-order valence-electron chi connectivity index (χ3n) is 5.26. The quantitative estimate of drug-likeness (QED) is 0.629. The lowest BCUT2D eigenvalue weighted by molar-refractivity contribution is -0.152. The van der Waals surface area contributed by atoms with Crippen molar-refractivity contribution in [3.63, 3.8) is 0 Å². The van der Waals surface area contributed by atoms with Gasteiger partial charge >= 0.3 is 11.9 Å². The number of aliphatic carboxylic acids is 2. The second-order valence-corrected chi connectivity index (χ2v) is 7.39. The van der Waals surface area contributed by atoms with Gasteiger partial charge in [-0.3, -0.25) is 14.9 Å². The molecule has 2 rings (SSSR count). The maximum Gasteiger partial charge on any atom is 0.326 e. The maximum absolute atomic E-state index is 12.9. The van der Waals surface area contributed by atoms with Crippen LogP contribution in [-0.2, 0) is 20.8 Å². The van der Waals surface area contributed by atoms with E-state index in [0.29, 0.717) is 25.8 Å². The predicted octanol–water partition coefficient (Wildman–Crippen LogP) is 2.30. The molecule has 3 atom stereocenters. The minimum Gasteiger partial charge on any atom is -0.480 e. The van der Waals surface area contributed by atoms with E-state index in [-0.39, 0.29) is 5.91 Å². The first-order valence-electron chi connectivity index (χ1n) is 9.96. The Kier molecular flexibility index (Phi) is 8.44. The average Bonchev–Trinajstić information content (AvgIpc) is 2.64. The van der Waals surface area contributed by atoms with Crippen LogP contribution in [0.5, 0.6) is 0 Å². The highest BCUT2D eigenvalue weighted by atomic mass is 16.4. The van der Waals surface area contributed by atoms with Crippen LogP contribution in [0.15, 0.2) is 30.3 Å². The van der Waals surface area contributed by atoms with Crippen LogP contribution in [0.4, 0.5) is 0 Å². The number of carboxylic acid groups (broad SMARTS) is 2. The van der Waals surface area contributed by atoms with Crippen molar-refractivity contribution in [2.75, 3.05) is 6.54 Å². The van der Waals surface area contributed by atoms with Crippen molar-refractivity contribution in [1.29, 1.82) is 0 Å². The van der Waals surface area contributed by atoms with E-state index in [0.717, 1.165) is 31.2 Å². The number of amides is 1. The lowest BCUT2D eigenvalue weighted by Crippen LogP contribution is -2.55. The molecule has 1 aromatic rings. The summed E-state index contributed by atoms with van der Waals surface area (Å²) >= 11 is 0. The summed E-state index contributed by atoms with van der Waals surface area (Å²) in [6, 6.07) is 7.09. The van der Waals surface area contributed by atoms with Gasteiger partial charge in [-0.05, 0) is 38.2 Å². The van der Waals surface area contributed by atoms with E-state index in [4.69, 9.17) is 0 Å². The minimum atomic E-state index is -1.02. The molecule has 0 spiro atoms. The molecule has 1 aliphatic heterocycles. The molecule has 1 fully saturated rings. The lowest BCUT2D eigenvalue weighted by Gasteiger charge is -2.33. The highest BCUT2D eigenvalue weighted by Crippen LogP contribution is 2.18. The van der Waals surface area contributed by atoms with Gasteiger partial charge in [0.15, 0.2) is 0 Å². The van der Waals surface area contributed by atoms with Crippen molar-refractivity contribution in [3.05, 3.63) is 35.9 Å². The molecule has 3 N–H and O–H groups in total.